The van der Waals surface area contributed by atoms with Crippen molar-refractivity contribution in [1.82, 2.24) is 5.32 Å². The number of nitrogens with one attached hydrogen (secondary N) is 1. The smallest absolute Gasteiger partial charge is 0.217 e. The molecule has 0 heterocycles. The molecule has 0 aromatic carbocycles. The van der Waals surface area contributed by atoms with E-state index in [4.69, 9.17) is 14.3 Å². The van der Waals surface area contributed by atoms with Crippen LogP contribution in [0, 0.1) is 0 Å². The van der Waals surface area contributed by atoms with Crippen LogP contribution in [0.4, 0.5) is 0 Å². The summed E-state index contributed by atoms with van der Waals surface area (Å²) in [5.41, 5.74) is 0. The van der Waals surface area contributed by atoms with Crippen LogP contribution in [0.5, 0.6) is 0 Å². The van der Waals surface area contributed by atoms with E-state index in [1.54, 1.807) is 5.32 Å². The summed E-state index contributed by atoms with van der Waals surface area (Å²) in [5, 5.41) is 38.0. The third-order valence-corrected chi connectivity index (χ3v) is 1.74. The van der Waals surface area contributed by atoms with Gasteiger partial charge in [-0.3, -0.25) is 4.79 Å². The normalized spacial score (nSPS) is 22.5. The van der Waals surface area contributed by atoms with Crippen LogP contribution in [0.15, 0.2) is 0 Å². The zero-order chi connectivity index (χ0) is 14.5. The number of hydrogen-bond donors (Lipinski definition) is 5. The van der Waals surface area contributed by atoms with Crippen LogP contribution in [0.1, 0.15) is 11.0 Å². The summed E-state index contributed by atoms with van der Waals surface area (Å²) in [6.45, 7) is -3.89. The Bertz CT molecular complexity index is 297. The van der Waals surface area contributed by atoms with Gasteiger partial charge in [-0.05, 0) is 0 Å². The monoisotopic (exact) mass is 224 g/mol. The topological polar surface area (TPSA) is 127 Å². The van der Waals surface area contributed by atoms with Gasteiger partial charge in [-0.1, -0.05) is 0 Å². The maximum atomic E-state index is 11.1. The summed E-state index contributed by atoms with van der Waals surface area (Å²) in [7, 11) is 0. The summed E-state index contributed by atoms with van der Waals surface area (Å²) < 4.78 is 20.2. The summed E-state index contributed by atoms with van der Waals surface area (Å²) in [4.78, 5) is 21.7. The van der Waals surface area contributed by atoms with Gasteiger partial charge in [0.1, 0.15) is 30.6 Å². The Kier molecular flexibility index (Phi) is 3.97. The molecule has 0 aliphatic heterocycles. The lowest BCUT2D eigenvalue weighted by atomic mass is 10.0. The van der Waals surface area contributed by atoms with Crippen LogP contribution >= 0.6 is 0 Å². The SMILES string of the molecule is [2H]C([2H])([2H])C(=O)N[C@H](C=O)[C@@H](O)[C@@H](O)[C@H](O)CO. The number of carbonyl (C=O) groups excluding carboxylic acids is 2. The predicted molar refractivity (Wildman–Crippen MR) is 48.8 cm³/mol. The van der Waals surface area contributed by atoms with E-state index >= 15 is 0 Å². The molecule has 1 amide bonds. The number of aliphatic hydroxyl groups excluding tert-OH is 4. The molecule has 15 heavy (non-hydrogen) atoms. The van der Waals surface area contributed by atoms with Crippen molar-refractivity contribution < 1.29 is 34.1 Å². The quantitative estimate of drug-likeness (QED) is 0.302. The van der Waals surface area contributed by atoms with Crippen molar-refractivity contribution in [1.29, 1.82) is 0 Å². The molecule has 0 rings (SSSR count). The van der Waals surface area contributed by atoms with Gasteiger partial charge in [-0.25, -0.2) is 0 Å². The third-order valence-electron chi connectivity index (χ3n) is 1.74. The van der Waals surface area contributed by atoms with Crippen LogP contribution in [-0.4, -0.2) is 63.6 Å². The molecule has 0 aromatic rings. The lowest BCUT2D eigenvalue weighted by molar-refractivity contribution is -0.129. The summed E-state index contributed by atoms with van der Waals surface area (Å²) in [6, 6.07) is -1.71. The van der Waals surface area contributed by atoms with Gasteiger partial charge in [0.05, 0.1) is 6.61 Å². The second-order valence-electron chi connectivity index (χ2n) is 2.87. The van der Waals surface area contributed by atoms with Crippen LogP contribution in [0.25, 0.3) is 0 Å². The van der Waals surface area contributed by atoms with Gasteiger partial charge in [-0.15, -0.1) is 0 Å². The van der Waals surface area contributed by atoms with Crippen molar-refractivity contribution in [3.63, 3.8) is 0 Å². The lowest BCUT2D eigenvalue weighted by Crippen LogP contribution is -2.53. The molecular weight excluding hydrogens is 206 g/mol. The van der Waals surface area contributed by atoms with Crippen LogP contribution < -0.4 is 5.32 Å². The van der Waals surface area contributed by atoms with E-state index in [0.29, 0.717) is 0 Å². The minimum Gasteiger partial charge on any atom is -0.394 e. The number of rotatable bonds is 6. The van der Waals surface area contributed by atoms with Gasteiger partial charge in [0, 0.05) is 11.0 Å². The number of aldehydes is 1. The first kappa shape index (κ1) is 9.22. The Morgan fingerprint density at radius 1 is 1.47 bits per heavy atom. The van der Waals surface area contributed by atoms with Crippen molar-refractivity contribution in [3.05, 3.63) is 0 Å². The lowest BCUT2D eigenvalue weighted by Gasteiger charge is -2.25. The predicted octanol–water partition coefficient (Wildman–Crippen LogP) is -3.23. The Labute approximate surface area is 90.6 Å². The van der Waals surface area contributed by atoms with Crippen molar-refractivity contribution in [3.8, 4) is 0 Å². The highest BCUT2D eigenvalue weighted by Gasteiger charge is 2.31. The Hall–Kier alpha value is -1.02. The van der Waals surface area contributed by atoms with Gasteiger partial charge < -0.3 is 30.5 Å². The molecule has 4 atom stereocenters. The van der Waals surface area contributed by atoms with E-state index in [1.807, 2.05) is 0 Å². The Morgan fingerprint density at radius 2 is 2.07 bits per heavy atom. The third kappa shape index (κ3) is 4.34. The molecule has 0 unspecified atom stereocenters. The fourth-order valence-electron chi connectivity index (χ4n) is 0.899. The average Bonchev–Trinajstić information content (AvgIpc) is 2.31. The zero-order valence-corrected chi connectivity index (χ0v) is 7.70. The molecule has 5 N–H and O–H groups in total. The number of carbonyl (C=O) groups is 2. The molecule has 0 spiro atoms. The first-order valence-electron chi connectivity index (χ1n) is 5.56. The highest BCUT2D eigenvalue weighted by Crippen LogP contribution is 2.03. The van der Waals surface area contributed by atoms with Crippen molar-refractivity contribution in [2.75, 3.05) is 6.61 Å². The Morgan fingerprint density at radius 3 is 2.47 bits per heavy atom. The minimum atomic E-state index is -3.01. The molecular formula is C8H15NO6. The van der Waals surface area contributed by atoms with Gasteiger partial charge >= 0.3 is 0 Å². The first-order chi connectivity index (χ1) is 8.15. The molecule has 7 nitrogen and oxygen atoms in total. The molecule has 0 aliphatic carbocycles. The van der Waals surface area contributed by atoms with Crippen LogP contribution in [0.2, 0.25) is 0 Å². The van der Waals surface area contributed by atoms with Crippen molar-refractivity contribution in [2.45, 2.75) is 31.2 Å². The highest BCUT2D eigenvalue weighted by molar-refractivity contribution is 5.77. The van der Waals surface area contributed by atoms with Crippen molar-refractivity contribution in [2.24, 2.45) is 0 Å². The molecule has 0 saturated heterocycles. The highest BCUT2D eigenvalue weighted by atomic mass is 16.4. The fourth-order valence-corrected chi connectivity index (χ4v) is 0.899. The molecule has 0 radical (unpaired) electrons. The maximum absolute atomic E-state index is 11.1. The summed E-state index contributed by atoms with van der Waals surface area (Å²) in [5.74, 6) is -1.48. The zero-order valence-electron chi connectivity index (χ0n) is 10.7. The minimum absolute atomic E-state index is 0.0155. The molecule has 0 bridgehead atoms. The van der Waals surface area contributed by atoms with E-state index in [2.05, 4.69) is 0 Å². The second kappa shape index (κ2) is 6.46. The second-order valence-corrected chi connectivity index (χ2v) is 2.87. The van der Waals surface area contributed by atoms with E-state index in [-0.39, 0.29) is 6.29 Å². The van der Waals surface area contributed by atoms with E-state index in [9.17, 15) is 19.8 Å². The van der Waals surface area contributed by atoms with E-state index < -0.39 is 43.7 Å². The summed E-state index contributed by atoms with van der Waals surface area (Å²) >= 11 is 0. The molecule has 7 heteroatoms. The molecule has 0 aromatic heterocycles. The standard InChI is InChI=1S/C8H15NO6/c1-4(12)9-5(2-10)7(14)8(15)6(13)3-11/h2,5-8,11,13-15H,3H2,1H3,(H,9,12)/t5-,6-,7-,8+/m1/s1/i1D3. The molecule has 0 aliphatic rings. The largest absolute Gasteiger partial charge is 0.394 e. The number of aliphatic hydroxyl groups is 4. The van der Waals surface area contributed by atoms with Crippen molar-refractivity contribution >= 4 is 12.2 Å². The van der Waals surface area contributed by atoms with Crippen LogP contribution in [0.3, 0.4) is 0 Å². The van der Waals surface area contributed by atoms with E-state index in [0.717, 1.165) is 0 Å². The Balaban J connectivity index is 4.69. The molecule has 0 fully saturated rings. The number of hydrogen-bond acceptors (Lipinski definition) is 6. The molecule has 0 saturated carbocycles. The fraction of sp³-hybridized carbons (Fsp3) is 0.750. The van der Waals surface area contributed by atoms with Gasteiger partial charge in [-0.2, -0.15) is 0 Å². The van der Waals surface area contributed by atoms with E-state index in [1.165, 1.54) is 0 Å². The first-order valence-corrected chi connectivity index (χ1v) is 4.06. The molecule has 88 valence electrons. The maximum Gasteiger partial charge on any atom is 0.217 e. The number of amides is 1. The van der Waals surface area contributed by atoms with Gasteiger partial charge in [0.2, 0.25) is 5.91 Å². The van der Waals surface area contributed by atoms with Gasteiger partial charge in [0.15, 0.2) is 0 Å². The average molecular weight is 224 g/mol. The summed E-state index contributed by atoms with van der Waals surface area (Å²) in [6.07, 6.45) is -5.58. The van der Waals surface area contributed by atoms with Gasteiger partial charge in [0.25, 0.3) is 0 Å². The van der Waals surface area contributed by atoms with Crippen LogP contribution in [-0.2, 0) is 9.59 Å².